The minimum Gasteiger partial charge on any atom is -0.469 e. The zero-order chi connectivity index (χ0) is 60.9. The van der Waals surface area contributed by atoms with E-state index in [0.29, 0.717) is 82.4 Å². The Hall–Kier alpha value is -5.07. The number of nitrogens with one attached hydrogen (secondary N) is 1. The summed E-state index contributed by atoms with van der Waals surface area (Å²) in [6.07, 6.45) is 3.55. The van der Waals surface area contributed by atoms with Gasteiger partial charge in [0.1, 0.15) is 5.60 Å². The third-order valence-electron chi connectivity index (χ3n) is 16.7. The number of fused-ring (bicyclic) bond motifs is 6. The van der Waals surface area contributed by atoms with E-state index in [9.17, 15) is 29.7 Å². The number of ether oxygens (including phenoxy) is 3. The van der Waals surface area contributed by atoms with Gasteiger partial charge in [-0.1, -0.05) is 132 Å². The van der Waals surface area contributed by atoms with Crippen molar-refractivity contribution < 1.29 is 48.3 Å². The van der Waals surface area contributed by atoms with Gasteiger partial charge in [0.05, 0.1) is 48.1 Å². The lowest BCUT2D eigenvalue weighted by molar-refractivity contribution is -0.144. The number of aliphatic hydroxyl groups is 3. The van der Waals surface area contributed by atoms with Crippen molar-refractivity contribution >= 4 is 81.7 Å². The highest BCUT2D eigenvalue weighted by Gasteiger charge is 2.51. The number of aliphatic hydroxyl groups excluding tert-OH is 1. The monoisotopic (exact) mass is 1200 g/mol. The molecule has 8 rings (SSSR count). The molecule has 2 aromatic heterocycles. The van der Waals surface area contributed by atoms with E-state index in [1.165, 1.54) is 14.2 Å². The van der Waals surface area contributed by atoms with Crippen molar-refractivity contribution in [1.82, 2.24) is 19.4 Å². The molecule has 0 saturated heterocycles. The van der Waals surface area contributed by atoms with Crippen LogP contribution in [0.4, 0.5) is 4.79 Å². The molecular formula is C66H92Cl2N4O10Si. The molecule has 0 amide bonds. The van der Waals surface area contributed by atoms with Crippen molar-refractivity contribution in [2.75, 3.05) is 73.0 Å². The topological polar surface area (TPSA) is 176 Å². The minimum atomic E-state index is -2.96. The molecule has 17 heteroatoms. The summed E-state index contributed by atoms with van der Waals surface area (Å²) in [6.45, 7) is 18.9. The number of carbonyl (C=O) groups is 3. The molecule has 0 aliphatic carbocycles. The highest BCUT2D eigenvalue weighted by molar-refractivity contribution is 6.99. The van der Waals surface area contributed by atoms with Gasteiger partial charge in [0.15, 0.2) is 0 Å². The summed E-state index contributed by atoms with van der Waals surface area (Å²) >= 11 is 9.53. The highest BCUT2D eigenvalue weighted by atomic mass is 35.5. The fourth-order valence-electron chi connectivity index (χ4n) is 12.8. The van der Waals surface area contributed by atoms with Gasteiger partial charge >= 0.3 is 18.0 Å². The van der Waals surface area contributed by atoms with Gasteiger partial charge in [-0.15, -0.1) is 23.2 Å². The van der Waals surface area contributed by atoms with Gasteiger partial charge in [-0.05, 0) is 137 Å². The predicted molar refractivity (Wildman–Crippen MR) is 337 cm³/mol. The van der Waals surface area contributed by atoms with E-state index in [2.05, 4.69) is 90.2 Å². The standard InChI is InChI=1S/C43H58N2O6Si.C22H32N2O4.CH2Cl2/c1-10-43(48)28-31(29-50-52(42(5,6)7,32-19-13-11-14-20-32)33-21-15-12-16-22-33)27-36(39(46)49-9)38-35(25-26-44(8)30-43)34-23-17-18-24-37(34)45(38)40(47)51-41(2,3)4;1-4-22(27)12-15(13-25)11-18(21(26)28-3)20-17(9-10-24(2)14-22)16-7-5-6-8-19(16)23-20;2-1-3/h11-24,31,36,48H,10,25-30H2,1-9H3;5-8,15,18,23,25,27H,4,9-14H2,1-3H3;1H2/t31-,36?,43+;15-,18?,22+;/m11./s1. The smallest absolute Gasteiger partial charge is 0.419 e. The van der Waals surface area contributed by atoms with Crippen LogP contribution in [0.5, 0.6) is 0 Å². The summed E-state index contributed by atoms with van der Waals surface area (Å²) in [4.78, 5) is 48.8. The summed E-state index contributed by atoms with van der Waals surface area (Å²) in [7, 11) is 3.88. The third kappa shape index (κ3) is 16.3. The first kappa shape index (κ1) is 67.1. The number of rotatable bonds is 10. The number of hydrogen-bond acceptors (Lipinski definition) is 12. The Labute approximate surface area is 503 Å². The van der Waals surface area contributed by atoms with E-state index in [0.717, 1.165) is 56.4 Å². The Morgan fingerprint density at radius 2 is 1.14 bits per heavy atom. The number of alkyl halides is 2. The SMILES string of the molecule is CC[C@]1(O)C[C@H](CO)CC(C(=O)OC)c2[nH]c3ccccc3c2CCN(C)C1.CC[C@]1(O)C[C@H](CO[Si](c2ccccc2)(c2ccccc2)C(C)(C)C)CC(C(=O)OC)c2c(c3ccccc3n2C(=O)OC(C)(C)C)CCN(C)C1.ClCCl. The van der Waals surface area contributed by atoms with E-state index >= 15 is 0 Å². The van der Waals surface area contributed by atoms with Crippen LogP contribution in [0.15, 0.2) is 109 Å². The summed E-state index contributed by atoms with van der Waals surface area (Å²) in [5.74, 6) is -2.53. The number of β-amino-alcohol motifs (C(OH)–C–C–N with tert-alkyl or cyclic N) is 2. The van der Waals surface area contributed by atoms with Crippen molar-refractivity contribution in [3.63, 3.8) is 0 Å². The number of nitrogens with zero attached hydrogens (tertiary/aromatic N) is 3. The second-order valence-electron chi connectivity index (χ2n) is 24.9. The van der Waals surface area contributed by atoms with Crippen molar-refractivity contribution in [3.8, 4) is 0 Å². The molecule has 2 unspecified atom stereocenters. The summed E-state index contributed by atoms with van der Waals surface area (Å²) in [6, 6.07) is 36.9. The van der Waals surface area contributed by atoms with Crippen LogP contribution in [0.1, 0.15) is 128 Å². The number of H-pyrrole nitrogens is 1. The number of aromatic amines is 1. The molecule has 83 heavy (non-hydrogen) atoms. The van der Waals surface area contributed by atoms with Crippen LogP contribution in [0, 0.1) is 11.8 Å². The van der Waals surface area contributed by atoms with Crippen molar-refractivity contribution in [1.29, 1.82) is 0 Å². The lowest BCUT2D eigenvalue weighted by Gasteiger charge is -2.44. The van der Waals surface area contributed by atoms with Crippen LogP contribution < -0.4 is 10.4 Å². The number of benzene rings is 4. The zero-order valence-electron chi connectivity index (χ0n) is 51.1. The molecule has 0 saturated carbocycles. The summed E-state index contributed by atoms with van der Waals surface area (Å²) in [5, 5.41) is 37.7. The Bertz CT molecular complexity index is 3010. The maximum Gasteiger partial charge on any atom is 0.419 e. The lowest BCUT2D eigenvalue weighted by atomic mass is 9.82. The molecule has 2 aliphatic rings. The number of para-hydroxylation sites is 2. The maximum absolute atomic E-state index is 14.2. The molecule has 4 heterocycles. The normalized spacial score (nSPS) is 22.5. The number of carbonyl (C=O) groups excluding carboxylic acids is 3. The Morgan fingerprint density at radius 3 is 1.65 bits per heavy atom. The molecular weight excluding hydrogens is 1110 g/mol. The Kier molecular flexibility index (Phi) is 23.7. The summed E-state index contributed by atoms with van der Waals surface area (Å²) in [5.41, 5.74) is 2.53. The zero-order valence-corrected chi connectivity index (χ0v) is 53.6. The molecule has 0 radical (unpaired) electrons. The average molecular weight is 1200 g/mol. The van der Waals surface area contributed by atoms with Gasteiger partial charge in [-0.25, -0.2) is 9.36 Å². The fraction of sp³-hybridized carbons (Fsp3) is 0.530. The van der Waals surface area contributed by atoms with Crippen molar-refractivity contribution in [3.05, 3.63) is 132 Å². The third-order valence-corrected chi connectivity index (χ3v) is 21.7. The van der Waals surface area contributed by atoms with Gasteiger partial charge in [0, 0.05) is 67.1 Å². The fourth-order valence-corrected chi connectivity index (χ4v) is 17.4. The van der Waals surface area contributed by atoms with Gasteiger partial charge in [-0.3, -0.25) is 9.59 Å². The molecule has 6 aromatic rings. The molecule has 4 aromatic carbocycles. The molecule has 0 spiro atoms. The first-order valence-electron chi connectivity index (χ1n) is 29.3. The first-order chi connectivity index (χ1) is 39.3. The van der Waals surface area contributed by atoms with E-state index < -0.39 is 49.0 Å². The van der Waals surface area contributed by atoms with Crippen LogP contribution >= 0.6 is 23.2 Å². The average Bonchev–Trinajstić information content (AvgIpc) is 2.37. The molecule has 0 fully saturated rings. The maximum atomic E-state index is 14.2. The van der Waals surface area contributed by atoms with Gasteiger partial charge < -0.3 is 48.7 Å². The number of hydrogen-bond donors (Lipinski definition) is 4. The van der Waals surface area contributed by atoms with Crippen LogP contribution in [-0.4, -0.2) is 151 Å². The van der Waals surface area contributed by atoms with E-state index in [1.54, 1.807) is 4.57 Å². The molecule has 6 atom stereocenters. The Morgan fingerprint density at radius 1 is 0.675 bits per heavy atom. The van der Waals surface area contributed by atoms with E-state index in [1.807, 2.05) is 103 Å². The van der Waals surface area contributed by atoms with Crippen molar-refractivity contribution in [2.45, 2.75) is 140 Å². The molecule has 454 valence electrons. The number of halogens is 2. The van der Waals surface area contributed by atoms with Gasteiger partial charge in [0.2, 0.25) is 0 Å². The largest absolute Gasteiger partial charge is 0.469 e. The Balaban J connectivity index is 0.000000299. The number of likely N-dealkylation sites (N-methyl/N-ethyl adjacent to an activating group) is 2. The summed E-state index contributed by atoms with van der Waals surface area (Å²) < 4.78 is 25.8. The van der Waals surface area contributed by atoms with Gasteiger partial charge in [-0.2, -0.15) is 0 Å². The van der Waals surface area contributed by atoms with E-state index in [4.69, 9.17) is 41.8 Å². The lowest BCUT2D eigenvalue weighted by Crippen LogP contribution is -2.67. The van der Waals surface area contributed by atoms with Gasteiger partial charge in [0.25, 0.3) is 8.32 Å². The van der Waals surface area contributed by atoms with Crippen molar-refractivity contribution in [2.24, 2.45) is 11.8 Å². The number of aromatic nitrogens is 2. The number of esters is 2. The minimum absolute atomic E-state index is 0.0743. The van der Waals surface area contributed by atoms with Crippen LogP contribution in [0.3, 0.4) is 0 Å². The molecule has 2 aliphatic heterocycles. The molecule has 0 bridgehead atoms. The second-order valence-corrected chi connectivity index (χ2v) is 30.0. The molecule has 14 nitrogen and oxygen atoms in total. The quantitative estimate of drug-likeness (QED) is 0.0443. The van der Waals surface area contributed by atoms with Crippen LogP contribution in [0.25, 0.3) is 21.8 Å². The first-order valence-corrected chi connectivity index (χ1v) is 32.2. The van der Waals surface area contributed by atoms with Crippen LogP contribution in [0.2, 0.25) is 5.04 Å². The predicted octanol–water partition coefficient (Wildman–Crippen LogP) is 11.1. The van der Waals surface area contributed by atoms with Crippen LogP contribution in [-0.2, 0) is 41.1 Å². The highest BCUT2D eigenvalue weighted by Crippen LogP contribution is 2.43. The molecule has 4 N–H and O–H groups in total. The van der Waals surface area contributed by atoms with E-state index in [-0.39, 0.29) is 34.8 Å². The number of methoxy groups -OCH3 is 2. The second kappa shape index (κ2) is 29.3.